The first-order valence-electron chi connectivity index (χ1n) is 13.0. The molecular weight excluding hydrogens is 468 g/mol. The Labute approximate surface area is 219 Å². The first kappa shape index (κ1) is 26.7. The van der Waals surface area contributed by atoms with Crippen molar-refractivity contribution in [2.24, 2.45) is 5.84 Å². The van der Waals surface area contributed by atoms with Crippen LogP contribution in [-0.4, -0.2) is 66.2 Å². The van der Waals surface area contributed by atoms with Crippen LogP contribution in [0, 0.1) is 0 Å². The number of hydrazine groups is 1. The van der Waals surface area contributed by atoms with Gasteiger partial charge in [-0.2, -0.15) is 0 Å². The molecule has 0 fully saturated rings. The van der Waals surface area contributed by atoms with Gasteiger partial charge >= 0.3 is 0 Å². The molecule has 2 aromatic carbocycles. The van der Waals surface area contributed by atoms with E-state index < -0.39 is 0 Å². The number of fused-ring (bicyclic) bond motifs is 2. The highest BCUT2D eigenvalue weighted by molar-refractivity contribution is 7.99. The Morgan fingerprint density at radius 1 is 1.17 bits per heavy atom. The Morgan fingerprint density at radius 3 is 2.94 bits per heavy atom. The van der Waals surface area contributed by atoms with Crippen LogP contribution in [0.1, 0.15) is 37.1 Å². The van der Waals surface area contributed by atoms with E-state index in [1.54, 1.807) is 0 Å². The lowest BCUT2D eigenvalue weighted by atomic mass is 10.1. The number of benzene rings is 2. The molecule has 194 valence electrons. The number of nitrogens with one attached hydrogen (secondary N) is 2. The summed E-state index contributed by atoms with van der Waals surface area (Å²) in [6.07, 6.45) is 5.20. The number of aromatic nitrogens is 1. The number of rotatable bonds is 14. The van der Waals surface area contributed by atoms with Crippen molar-refractivity contribution in [3.8, 4) is 5.75 Å². The number of hydrogen-bond acceptors (Lipinski definition) is 8. The lowest BCUT2D eigenvalue weighted by Crippen LogP contribution is -2.39. The number of anilines is 1. The van der Waals surface area contributed by atoms with E-state index in [-0.39, 0.29) is 6.17 Å². The van der Waals surface area contributed by atoms with Crippen LogP contribution in [0.25, 0.3) is 10.9 Å². The zero-order valence-electron chi connectivity index (χ0n) is 21.6. The standard InChI is InChI=1S/C28H40N6OS/c1-3-15-34(17-12-22-10-11-27-26(20-22)31-14-18-35-27)16-6-19-36-21-33(2)28(32-29)24-7-4-9-25-23(24)8-5-13-30-25/h4-5,7-11,13,20,28,31-32H,3,6,12,14-19,21,29H2,1-2H3. The van der Waals surface area contributed by atoms with Crippen molar-refractivity contribution < 1.29 is 4.74 Å². The summed E-state index contributed by atoms with van der Waals surface area (Å²) in [6.45, 7) is 7.25. The second-order valence-corrected chi connectivity index (χ2v) is 10.4. The highest BCUT2D eigenvalue weighted by Gasteiger charge is 2.18. The zero-order chi connectivity index (χ0) is 25.2. The molecule has 8 heteroatoms. The predicted molar refractivity (Wildman–Crippen MR) is 152 cm³/mol. The van der Waals surface area contributed by atoms with E-state index in [1.165, 1.54) is 18.4 Å². The number of nitrogens with two attached hydrogens (primary N) is 1. The van der Waals surface area contributed by atoms with Gasteiger partial charge in [-0.05, 0) is 80.5 Å². The molecule has 2 heterocycles. The van der Waals surface area contributed by atoms with Crippen LogP contribution in [0.15, 0.2) is 54.7 Å². The van der Waals surface area contributed by atoms with Gasteiger partial charge in [0.2, 0.25) is 0 Å². The average Bonchev–Trinajstić information content (AvgIpc) is 2.92. The average molecular weight is 509 g/mol. The van der Waals surface area contributed by atoms with Gasteiger partial charge in [-0.3, -0.25) is 15.7 Å². The van der Waals surface area contributed by atoms with Gasteiger partial charge in [-0.25, -0.2) is 5.43 Å². The van der Waals surface area contributed by atoms with Gasteiger partial charge < -0.3 is 15.0 Å². The van der Waals surface area contributed by atoms with Crippen molar-refractivity contribution in [1.82, 2.24) is 20.2 Å². The molecule has 1 aromatic heterocycles. The maximum Gasteiger partial charge on any atom is 0.142 e. The molecule has 0 amide bonds. The summed E-state index contributed by atoms with van der Waals surface area (Å²) in [5.74, 6) is 8.98. The normalized spacial score (nSPS) is 14.0. The third-order valence-electron chi connectivity index (χ3n) is 6.61. The molecule has 4 rings (SSSR count). The fourth-order valence-electron chi connectivity index (χ4n) is 4.78. The first-order chi connectivity index (χ1) is 17.7. The molecule has 1 aliphatic heterocycles. The number of hydrogen-bond donors (Lipinski definition) is 3. The van der Waals surface area contributed by atoms with Crippen molar-refractivity contribution in [3.05, 3.63) is 65.9 Å². The van der Waals surface area contributed by atoms with E-state index in [2.05, 4.69) is 69.8 Å². The van der Waals surface area contributed by atoms with Gasteiger partial charge in [0.1, 0.15) is 12.4 Å². The third kappa shape index (κ3) is 7.11. The fourth-order valence-corrected chi connectivity index (χ4v) is 5.67. The molecule has 0 radical (unpaired) electrons. The lowest BCUT2D eigenvalue weighted by Gasteiger charge is -2.28. The van der Waals surface area contributed by atoms with Crippen LogP contribution in [-0.2, 0) is 6.42 Å². The monoisotopic (exact) mass is 508 g/mol. The molecule has 1 atom stereocenters. The molecule has 0 aliphatic carbocycles. The minimum Gasteiger partial charge on any atom is -0.490 e. The van der Waals surface area contributed by atoms with Crippen molar-refractivity contribution in [1.29, 1.82) is 0 Å². The number of ether oxygens (including phenoxy) is 1. The summed E-state index contributed by atoms with van der Waals surface area (Å²) < 4.78 is 5.71. The SMILES string of the molecule is CCCN(CCCSCN(C)C(NN)c1cccc2ncccc12)CCc1ccc2c(c1)NCCO2. The van der Waals surface area contributed by atoms with Crippen molar-refractivity contribution in [2.45, 2.75) is 32.4 Å². The Hall–Kier alpha value is -2.36. The molecule has 0 bridgehead atoms. The second kappa shape index (κ2) is 13.8. The van der Waals surface area contributed by atoms with Gasteiger partial charge in [0.05, 0.1) is 17.4 Å². The first-order valence-corrected chi connectivity index (χ1v) is 14.1. The Bertz CT molecular complexity index is 1090. The molecule has 0 saturated carbocycles. The summed E-state index contributed by atoms with van der Waals surface area (Å²) in [4.78, 5) is 9.35. The summed E-state index contributed by atoms with van der Waals surface area (Å²) in [7, 11) is 2.12. The second-order valence-electron chi connectivity index (χ2n) is 9.33. The Kier molecular flexibility index (Phi) is 10.2. The maximum absolute atomic E-state index is 5.98. The van der Waals surface area contributed by atoms with Gasteiger partial charge in [-0.15, -0.1) is 11.8 Å². The van der Waals surface area contributed by atoms with Crippen LogP contribution in [0.2, 0.25) is 0 Å². The lowest BCUT2D eigenvalue weighted by molar-refractivity contribution is 0.244. The van der Waals surface area contributed by atoms with E-state index in [0.717, 1.165) is 78.7 Å². The van der Waals surface area contributed by atoms with Gasteiger partial charge in [0.15, 0.2) is 0 Å². The number of thioether (sulfide) groups is 1. The third-order valence-corrected chi connectivity index (χ3v) is 7.77. The van der Waals surface area contributed by atoms with Crippen molar-refractivity contribution in [2.75, 3.05) is 56.8 Å². The van der Waals surface area contributed by atoms with Crippen LogP contribution >= 0.6 is 11.8 Å². The smallest absolute Gasteiger partial charge is 0.142 e. The summed E-state index contributed by atoms with van der Waals surface area (Å²) in [5, 5.41) is 4.58. The van der Waals surface area contributed by atoms with Crippen LogP contribution in [0.3, 0.4) is 0 Å². The van der Waals surface area contributed by atoms with E-state index in [0.29, 0.717) is 0 Å². The van der Waals surface area contributed by atoms with Crippen molar-refractivity contribution >= 4 is 28.4 Å². The molecule has 36 heavy (non-hydrogen) atoms. The molecule has 3 aromatic rings. The van der Waals surface area contributed by atoms with Gasteiger partial charge in [0.25, 0.3) is 0 Å². The molecule has 1 unspecified atom stereocenters. The Balaban J connectivity index is 1.21. The molecule has 0 saturated heterocycles. The maximum atomic E-state index is 5.98. The quantitative estimate of drug-likeness (QED) is 0.127. The summed E-state index contributed by atoms with van der Waals surface area (Å²) >= 11 is 1.96. The van der Waals surface area contributed by atoms with Crippen LogP contribution in [0.4, 0.5) is 5.69 Å². The largest absolute Gasteiger partial charge is 0.490 e. The number of pyridine rings is 1. The highest BCUT2D eigenvalue weighted by Crippen LogP contribution is 2.28. The topological polar surface area (TPSA) is 78.7 Å². The summed E-state index contributed by atoms with van der Waals surface area (Å²) in [6, 6.07) is 16.9. The van der Waals surface area contributed by atoms with Gasteiger partial charge in [0, 0.05) is 30.5 Å². The van der Waals surface area contributed by atoms with E-state index in [4.69, 9.17) is 10.6 Å². The highest BCUT2D eigenvalue weighted by atomic mass is 32.2. The van der Waals surface area contributed by atoms with E-state index in [9.17, 15) is 0 Å². The fraction of sp³-hybridized carbons (Fsp3) is 0.464. The zero-order valence-corrected chi connectivity index (χ0v) is 22.4. The molecule has 1 aliphatic rings. The molecular formula is C28H40N6OS. The molecule has 0 spiro atoms. The molecule has 4 N–H and O–H groups in total. The number of nitrogens with zero attached hydrogens (tertiary/aromatic N) is 3. The van der Waals surface area contributed by atoms with Crippen LogP contribution in [0.5, 0.6) is 5.75 Å². The minimum atomic E-state index is -0.0569. The van der Waals surface area contributed by atoms with Gasteiger partial charge in [-0.1, -0.05) is 31.2 Å². The summed E-state index contributed by atoms with van der Waals surface area (Å²) in [5.41, 5.74) is 7.65. The van der Waals surface area contributed by atoms with E-state index in [1.807, 2.05) is 36.2 Å². The minimum absolute atomic E-state index is 0.0569. The van der Waals surface area contributed by atoms with Crippen LogP contribution < -0.4 is 21.3 Å². The molecule has 7 nitrogen and oxygen atoms in total. The van der Waals surface area contributed by atoms with E-state index >= 15 is 0 Å². The Morgan fingerprint density at radius 2 is 2.08 bits per heavy atom. The van der Waals surface area contributed by atoms with Crippen molar-refractivity contribution in [3.63, 3.8) is 0 Å². The predicted octanol–water partition coefficient (Wildman–Crippen LogP) is 4.47.